The van der Waals surface area contributed by atoms with Crippen molar-refractivity contribution in [1.29, 1.82) is 0 Å². The Morgan fingerprint density at radius 1 is 1.00 bits per heavy atom. The first-order valence-corrected chi connectivity index (χ1v) is 15.5. The Morgan fingerprint density at radius 3 is 2.44 bits per heavy atom. The van der Waals surface area contributed by atoms with Gasteiger partial charge in [-0.1, -0.05) is 74.4 Å². The van der Waals surface area contributed by atoms with Crippen LogP contribution in [0, 0.1) is 0 Å². The molecule has 0 unspecified atom stereocenters. The summed E-state index contributed by atoms with van der Waals surface area (Å²) in [5.41, 5.74) is 1.77. The average Bonchev–Trinajstić information content (AvgIpc) is 3.53. The second-order valence-electron chi connectivity index (χ2n) is 10.5. The SMILES string of the molecule is CC[C@@H](C(=O)NC1CCCC1)N(CCc1ccccc1)C(=O)CCCN1c2cccc3cccc(c23)S1(=O)=O. The number of rotatable bonds is 11. The molecule has 8 heteroatoms. The molecule has 0 saturated heterocycles. The first kappa shape index (κ1) is 27.2. The predicted molar refractivity (Wildman–Crippen MR) is 154 cm³/mol. The molecule has 2 aliphatic rings. The number of carbonyl (C=O) groups excluding carboxylic acids is 2. The maximum Gasteiger partial charge on any atom is 0.265 e. The second kappa shape index (κ2) is 11.8. The van der Waals surface area contributed by atoms with Crippen LogP contribution >= 0.6 is 0 Å². The van der Waals surface area contributed by atoms with Gasteiger partial charge in [-0.25, -0.2) is 8.42 Å². The molecule has 206 valence electrons. The normalized spacial score (nSPS) is 16.9. The Kier molecular flexibility index (Phi) is 8.21. The van der Waals surface area contributed by atoms with Gasteiger partial charge in [0.2, 0.25) is 11.8 Å². The number of sulfonamides is 1. The van der Waals surface area contributed by atoms with Crippen LogP contribution in [0.15, 0.2) is 71.6 Å². The summed E-state index contributed by atoms with van der Waals surface area (Å²) in [5, 5.41) is 4.80. The highest BCUT2D eigenvalue weighted by Crippen LogP contribution is 2.42. The van der Waals surface area contributed by atoms with Crippen molar-refractivity contribution in [2.45, 2.75) is 75.3 Å². The Morgan fingerprint density at radius 2 is 1.72 bits per heavy atom. The van der Waals surface area contributed by atoms with E-state index in [9.17, 15) is 18.0 Å². The van der Waals surface area contributed by atoms with Crippen LogP contribution in [-0.2, 0) is 26.0 Å². The zero-order valence-electron chi connectivity index (χ0n) is 22.5. The molecule has 0 spiro atoms. The summed E-state index contributed by atoms with van der Waals surface area (Å²) in [6.07, 6.45) is 5.92. The van der Waals surface area contributed by atoms with Crippen LogP contribution in [0.3, 0.4) is 0 Å². The minimum atomic E-state index is -3.67. The van der Waals surface area contributed by atoms with Gasteiger partial charge in [-0.15, -0.1) is 0 Å². The van der Waals surface area contributed by atoms with Crippen LogP contribution in [0.5, 0.6) is 0 Å². The lowest BCUT2D eigenvalue weighted by Crippen LogP contribution is -2.51. The van der Waals surface area contributed by atoms with Gasteiger partial charge in [0.15, 0.2) is 0 Å². The van der Waals surface area contributed by atoms with E-state index in [1.807, 2.05) is 61.5 Å². The van der Waals surface area contributed by atoms with Crippen molar-refractivity contribution in [3.05, 3.63) is 72.3 Å². The lowest BCUT2D eigenvalue weighted by molar-refractivity contribution is -0.141. The number of nitrogens with zero attached hydrogens (tertiary/aromatic N) is 2. The third-order valence-corrected chi connectivity index (χ3v) is 9.86. The summed E-state index contributed by atoms with van der Waals surface area (Å²) in [4.78, 5) is 29.0. The van der Waals surface area contributed by atoms with Gasteiger partial charge in [-0.05, 0) is 55.2 Å². The Hall–Kier alpha value is -3.39. The Bertz CT molecular complexity index is 1430. The molecule has 39 heavy (non-hydrogen) atoms. The van der Waals surface area contributed by atoms with E-state index in [2.05, 4.69) is 5.32 Å². The van der Waals surface area contributed by atoms with Crippen molar-refractivity contribution < 1.29 is 18.0 Å². The van der Waals surface area contributed by atoms with E-state index in [4.69, 9.17) is 0 Å². The molecule has 7 nitrogen and oxygen atoms in total. The van der Waals surface area contributed by atoms with Crippen LogP contribution in [0.2, 0.25) is 0 Å². The van der Waals surface area contributed by atoms with Crippen molar-refractivity contribution in [2.75, 3.05) is 17.4 Å². The number of hydrogen-bond acceptors (Lipinski definition) is 4. The summed E-state index contributed by atoms with van der Waals surface area (Å²) < 4.78 is 28.1. The molecular formula is C31H37N3O4S. The lowest BCUT2D eigenvalue weighted by atomic mass is 10.1. The molecule has 1 aliphatic heterocycles. The highest BCUT2D eigenvalue weighted by Gasteiger charge is 2.36. The smallest absolute Gasteiger partial charge is 0.265 e. The van der Waals surface area contributed by atoms with E-state index in [0.717, 1.165) is 42.0 Å². The highest BCUT2D eigenvalue weighted by atomic mass is 32.2. The van der Waals surface area contributed by atoms with E-state index in [-0.39, 0.29) is 30.8 Å². The standard InChI is InChI=1S/C31H37N3O4S/c1-2-26(31(36)32-25-15-6-7-16-25)33(22-20-23-11-4-3-5-12-23)29(35)19-10-21-34-27-17-8-13-24-14-9-18-28(30(24)27)39(34,37)38/h3-5,8-9,11-14,17-18,25-26H,2,6-7,10,15-16,19-22H2,1H3,(H,32,36)/t26-/m0/s1. The van der Waals surface area contributed by atoms with Gasteiger partial charge >= 0.3 is 0 Å². The number of benzene rings is 3. The van der Waals surface area contributed by atoms with Crippen molar-refractivity contribution in [3.8, 4) is 0 Å². The van der Waals surface area contributed by atoms with Gasteiger partial charge in [0.25, 0.3) is 10.0 Å². The molecular weight excluding hydrogens is 510 g/mol. The molecule has 1 heterocycles. The van der Waals surface area contributed by atoms with Gasteiger partial charge in [-0.2, -0.15) is 0 Å². The molecule has 1 saturated carbocycles. The second-order valence-corrected chi connectivity index (χ2v) is 12.4. The predicted octanol–water partition coefficient (Wildman–Crippen LogP) is 5.04. The lowest BCUT2D eigenvalue weighted by Gasteiger charge is -2.32. The molecule has 0 radical (unpaired) electrons. The number of carbonyl (C=O) groups is 2. The van der Waals surface area contributed by atoms with Gasteiger partial charge in [0.05, 0.1) is 10.6 Å². The van der Waals surface area contributed by atoms with Gasteiger partial charge in [0.1, 0.15) is 6.04 Å². The molecule has 1 atom stereocenters. The fraction of sp³-hybridized carbons (Fsp3) is 0.419. The molecule has 5 rings (SSSR count). The van der Waals surface area contributed by atoms with E-state index in [0.29, 0.717) is 36.4 Å². The minimum absolute atomic E-state index is 0.0879. The average molecular weight is 548 g/mol. The van der Waals surface area contributed by atoms with Crippen LogP contribution in [0.25, 0.3) is 10.8 Å². The van der Waals surface area contributed by atoms with Crippen molar-refractivity contribution in [1.82, 2.24) is 10.2 Å². The molecule has 0 aromatic heterocycles. The summed E-state index contributed by atoms with van der Waals surface area (Å²) in [6, 6.07) is 20.5. The van der Waals surface area contributed by atoms with Crippen molar-refractivity contribution in [2.24, 2.45) is 0 Å². The molecule has 0 bridgehead atoms. The molecule has 3 aromatic carbocycles. The number of anilines is 1. The van der Waals surface area contributed by atoms with E-state index < -0.39 is 16.1 Å². The molecule has 1 aliphatic carbocycles. The summed E-state index contributed by atoms with van der Waals surface area (Å²) in [6.45, 7) is 2.59. The Balaban J connectivity index is 1.29. The fourth-order valence-electron chi connectivity index (χ4n) is 5.98. The first-order chi connectivity index (χ1) is 18.9. The van der Waals surface area contributed by atoms with Gasteiger partial charge in [0, 0.05) is 30.9 Å². The molecule has 1 fully saturated rings. The quantitative estimate of drug-likeness (QED) is 0.365. The van der Waals surface area contributed by atoms with Gasteiger partial charge < -0.3 is 10.2 Å². The van der Waals surface area contributed by atoms with Crippen molar-refractivity contribution in [3.63, 3.8) is 0 Å². The zero-order valence-corrected chi connectivity index (χ0v) is 23.3. The molecule has 3 aromatic rings. The summed E-state index contributed by atoms with van der Waals surface area (Å²) >= 11 is 0. The van der Waals surface area contributed by atoms with Crippen LogP contribution in [-0.4, -0.2) is 50.3 Å². The van der Waals surface area contributed by atoms with Crippen molar-refractivity contribution >= 4 is 38.3 Å². The van der Waals surface area contributed by atoms with Gasteiger partial charge in [-0.3, -0.25) is 13.9 Å². The summed E-state index contributed by atoms with van der Waals surface area (Å²) in [7, 11) is -3.67. The van der Waals surface area contributed by atoms with E-state index >= 15 is 0 Å². The van der Waals surface area contributed by atoms with E-state index in [1.54, 1.807) is 17.0 Å². The number of nitrogens with one attached hydrogen (secondary N) is 1. The summed E-state index contributed by atoms with van der Waals surface area (Å²) in [5.74, 6) is -0.207. The number of amides is 2. The highest BCUT2D eigenvalue weighted by molar-refractivity contribution is 7.93. The molecule has 1 N–H and O–H groups in total. The van der Waals surface area contributed by atoms with Crippen LogP contribution < -0.4 is 9.62 Å². The Labute approximate surface area is 231 Å². The van der Waals surface area contributed by atoms with Crippen LogP contribution in [0.1, 0.15) is 57.4 Å². The van der Waals surface area contributed by atoms with E-state index in [1.165, 1.54) is 4.31 Å². The largest absolute Gasteiger partial charge is 0.352 e. The monoisotopic (exact) mass is 547 g/mol. The third-order valence-electron chi connectivity index (χ3n) is 8.00. The fourth-order valence-corrected chi connectivity index (χ4v) is 7.73. The first-order valence-electron chi connectivity index (χ1n) is 14.1. The molecule has 2 amide bonds. The zero-order chi connectivity index (χ0) is 27.4. The number of hydrogen-bond donors (Lipinski definition) is 1. The van der Waals surface area contributed by atoms with Crippen LogP contribution in [0.4, 0.5) is 5.69 Å². The maximum atomic E-state index is 13.6. The third kappa shape index (κ3) is 5.66. The topological polar surface area (TPSA) is 86.8 Å². The maximum absolute atomic E-state index is 13.6. The minimum Gasteiger partial charge on any atom is -0.352 e.